The van der Waals surface area contributed by atoms with Crippen molar-refractivity contribution in [1.29, 1.82) is 0 Å². The molecule has 0 aliphatic carbocycles. The van der Waals surface area contributed by atoms with Gasteiger partial charge in [0, 0.05) is 0 Å². The van der Waals surface area contributed by atoms with E-state index in [0.29, 0.717) is 0 Å². The average Bonchev–Trinajstić information content (AvgIpc) is 2.65. The fourth-order valence-corrected chi connectivity index (χ4v) is 20.0. The third kappa shape index (κ3) is 12.2. The van der Waals surface area contributed by atoms with E-state index in [2.05, 4.69) is 70.2 Å². The summed E-state index contributed by atoms with van der Waals surface area (Å²) in [6.45, 7) is 20.6. The number of hydrogen-bond acceptors (Lipinski definition) is 1. The number of rotatable bonds is 18. The minimum absolute atomic E-state index is 0.230. The summed E-state index contributed by atoms with van der Waals surface area (Å²) < 4.78 is 14.2. The van der Waals surface area contributed by atoms with Crippen molar-refractivity contribution in [2.24, 2.45) is 0 Å². The Morgan fingerprint density at radius 2 is 1.25 bits per heavy atom. The van der Waals surface area contributed by atoms with Crippen molar-refractivity contribution in [3.8, 4) is 0 Å². The quantitative estimate of drug-likeness (QED) is 0.100. The summed E-state index contributed by atoms with van der Waals surface area (Å²) in [5.41, 5.74) is -0.230. The molecule has 0 saturated carbocycles. The molecule has 1 atom stereocenters. The van der Waals surface area contributed by atoms with Crippen LogP contribution in [-0.2, 0) is 4.43 Å². The van der Waals surface area contributed by atoms with E-state index in [-0.39, 0.29) is 5.60 Å². The molecule has 0 spiro atoms. The first kappa shape index (κ1) is 28.5. The van der Waals surface area contributed by atoms with Crippen molar-refractivity contribution >= 4 is 26.7 Å². The van der Waals surface area contributed by atoms with Crippen LogP contribution in [0.5, 0.6) is 0 Å². The molecule has 0 amide bonds. The molecule has 0 radical (unpaired) electrons. The van der Waals surface area contributed by atoms with Crippen LogP contribution in [0, 0.1) is 0 Å². The van der Waals surface area contributed by atoms with Gasteiger partial charge >= 0.3 is 184 Å². The van der Waals surface area contributed by atoms with Gasteiger partial charge in [-0.1, -0.05) is 0 Å². The van der Waals surface area contributed by atoms with E-state index in [1.807, 2.05) is 0 Å². The van der Waals surface area contributed by atoms with Gasteiger partial charge in [0.25, 0.3) is 0 Å². The molecule has 0 aliphatic heterocycles. The van der Waals surface area contributed by atoms with E-state index in [1.165, 1.54) is 71.1 Å². The molecule has 1 nitrogen and oxygen atoms in total. The van der Waals surface area contributed by atoms with E-state index >= 15 is 0 Å². The van der Waals surface area contributed by atoms with Crippen molar-refractivity contribution in [2.75, 3.05) is 0 Å². The van der Waals surface area contributed by atoms with Gasteiger partial charge in [-0.05, 0) is 0 Å². The van der Waals surface area contributed by atoms with Gasteiger partial charge in [-0.15, -0.1) is 0 Å². The first-order chi connectivity index (χ1) is 13.2. The molecule has 0 aromatic carbocycles. The Hall–Kier alpha value is 0.456. The molecule has 0 aromatic heterocycles. The third-order valence-electron chi connectivity index (χ3n) is 5.82. The normalized spacial score (nSPS) is 15.1. The molecule has 1 unspecified atom stereocenters. The van der Waals surface area contributed by atoms with Gasteiger partial charge in [0.2, 0.25) is 0 Å². The van der Waals surface area contributed by atoms with E-state index < -0.39 is 26.7 Å². The SMILES string of the molecule is C=CC(/C=[CH]/[Sn]([CH2]CCC)([CH2]CCC)[CH2]CCC)(CCCCC)O[Si](C)(C)C. The zero-order valence-corrected chi connectivity index (χ0v) is 24.4. The van der Waals surface area contributed by atoms with Gasteiger partial charge in [-0.2, -0.15) is 0 Å². The van der Waals surface area contributed by atoms with E-state index in [4.69, 9.17) is 4.43 Å². The molecular weight excluding hydrogens is 463 g/mol. The molecule has 0 aliphatic rings. The second kappa shape index (κ2) is 15.3. The fourth-order valence-electron chi connectivity index (χ4n) is 4.13. The Balaban J connectivity index is 5.80. The molecule has 0 heterocycles. The molecule has 0 fully saturated rings. The third-order valence-corrected chi connectivity index (χ3v) is 20.9. The van der Waals surface area contributed by atoms with Gasteiger partial charge in [0.05, 0.1) is 0 Å². The van der Waals surface area contributed by atoms with Crippen molar-refractivity contribution in [2.45, 2.75) is 130 Å². The monoisotopic (exact) mass is 516 g/mol. The zero-order valence-electron chi connectivity index (χ0n) is 20.5. The molecular formula is C25H52OSiSn. The molecule has 28 heavy (non-hydrogen) atoms. The fraction of sp³-hybridized carbons (Fsp3) is 0.840. The molecule has 166 valence electrons. The van der Waals surface area contributed by atoms with E-state index in [9.17, 15) is 0 Å². The van der Waals surface area contributed by atoms with Gasteiger partial charge < -0.3 is 0 Å². The predicted octanol–water partition coefficient (Wildman–Crippen LogP) is 9.29. The van der Waals surface area contributed by atoms with Crippen molar-refractivity contribution in [1.82, 2.24) is 0 Å². The Labute approximate surface area is 183 Å². The Bertz CT molecular complexity index is 405. The number of unbranched alkanes of at least 4 members (excludes halogenated alkanes) is 5. The summed E-state index contributed by atoms with van der Waals surface area (Å²) in [6.07, 6.45) is 17.8. The van der Waals surface area contributed by atoms with Gasteiger partial charge in [-0.25, -0.2) is 0 Å². The van der Waals surface area contributed by atoms with Crippen LogP contribution in [0.1, 0.15) is 91.9 Å². The van der Waals surface area contributed by atoms with Crippen LogP contribution in [-0.4, -0.2) is 32.3 Å². The van der Waals surface area contributed by atoms with E-state index in [1.54, 1.807) is 0 Å². The zero-order chi connectivity index (χ0) is 21.5. The summed E-state index contributed by atoms with van der Waals surface area (Å²) in [5.74, 6) is 0. The Morgan fingerprint density at radius 1 is 0.786 bits per heavy atom. The first-order valence-electron chi connectivity index (χ1n) is 12.3. The van der Waals surface area contributed by atoms with Crippen molar-refractivity contribution in [3.63, 3.8) is 0 Å². The van der Waals surface area contributed by atoms with Crippen LogP contribution in [0.15, 0.2) is 22.8 Å². The van der Waals surface area contributed by atoms with Crippen LogP contribution in [0.2, 0.25) is 33.0 Å². The van der Waals surface area contributed by atoms with Crippen molar-refractivity contribution in [3.05, 3.63) is 22.8 Å². The summed E-state index contributed by atoms with van der Waals surface area (Å²) in [5, 5.41) is 0. The molecule has 0 rings (SSSR count). The second-order valence-electron chi connectivity index (χ2n) is 9.84. The van der Waals surface area contributed by atoms with Crippen LogP contribution in [0.25, 0.3) is 0 Å². The van der Waals surface area contributed by atoms with Crippen LogP contribution in [0.4, 0.5) is 0 Å². The average molecular weight is 515 g/mol. The maximum atomic E-state index is 6.80. The standard InChI is InChI=1S/C13H25OSi.3C4H9.Sn/c1-7-10-11-12-13(8-2,9-3)14-15(4,5)6;3*1-3-4-2;/h2,8-9H,3,7,10-12H2,1,4-6H3;3*1,3-4H2,2H3;. The molecule has 0 bridgehead atoms. The van der Waals surface area contributed by atoms with Gasteiger partial charge in [0.15, 0.2) is 0 Å². The Kier molecular flexibility index (Phi) is 15.5. The summed E-state index contributed by atoms with van der Waals surface area (Å²) >= 11 is -2.29. The Morgan fingerprint density at radius 3 is 1.61 bits per heavy atom. The van der Waals surface area contributed by atoms with E-state index in [0.717, 1.165) is 6.42 Å². The first-order valence-corrected chi connectivity index (χ1v) is 23.4. The molecule has 0 saturated heterocycles. The topological polar surface area (TPSA) is 9.23 Å². The number of hydrogen-bond donors (Lipinski definition) is 0. The molecule has 3 heteroatoms. The minimum atomic E-state index is -2.29. The van der Waals surface area contributed by atoms with Crippen LogP contribution in [0.3, 0.4) is 0 Å². The summed E-state index contributed by atoms with van der Waals surface area (Å²) in [7, 11) is -1.65. The van der Waals surface area contributed by atoms with Gasteiger partial charge in [-0.3, -0.25) is 0 Å². The summed E-state index contributed by atoms with van der Waals surface area (Å²) in [6, 6.07) is 0. The summed E-state index contributed by atoms with van der Waals surface area (Å²) in [4.78, 5) is 0. The maximum absolute atomic E-state index is 6.80. The van der Waals surface area contributed by atoms with Crippen molar-refractivity contribution < 1.29 is 4.43 Å². The molecule has 0 aromatic rings. The van der Waals surface area contributed by atoms with Gasteiger partial charge in [0.1, 0.15) is 0 Å². The second-order valence-corrected chi connectivity index (χ2v) is 27.3. The molecule has 0 N–H and O–H groups in total. The van der Waals surface area contributed by atoms with Crippen LogP contribution >= 0.6 is 0 Å². The van der Waals surface area contributed by atoms with Crippen LogP contribution < -0.4 is 0 Å². The predicted molar refractivity (Wildman–Crippen MR) is 136 cm³/mol.